The van der Waals surface area contributed by atoms with Crippen LogP contribution in [0.2, 0.25) is 0 Å². The van der Waals surface area contributed by atoms with E-state index in [1.165, 1.54) is 21.8 Å². The fourth-order valence-corrected chi connectivity index (χ4v) is 6.19. The Balaban J connectivity index is 1.40. The van der Waals surface area contributed by atoms with Crippen molar-refractivity contribution >= 4 is 38.5 Å². The minimum atomic E-state index is -4.06. The molecule has 0 saturated carbocycles. The average Bonchev–Trinajstić information content (AvgIpc) is 3.34. The lowest BCUT2D eigenvalue weighted by Crippen LogP contribution is -2.38. The third-order valence-electron chi connectivity index (χ3n) is 5.56. The number of hydrogen-bond donors (Lipinski definition) is 1. The standard InChI is InChI=1S/C27H22N2O4S2/c1-19-7-9-20(10-8-19)18-29-24-15-16-34-27(24)26(30)25(35(29,31)32)17-28-21-11-13-23(14-12-21)33-22-5-3-2-4-6-22/h2-17,28H,18H2,1H3/b25-17-. The summed E-state index contributed by atoms with van der Waals surface area (Å²) in [5.74, 6) is 0.851. The predicted octanol–water partition coefficient (Wildman–Crippen LogP) is 6.34. The molecule has 2 heterocycles. The van der Waals surface area contributed by atoms with E-state index in [4.69, 9.17) is 4.74 Å². The summed E-state index contributed by atoms with van der Waals surface area (Å²) in [6.45, 7) is 2.12. The van der Waals surface area contributed by atoms with Crippen molar-refractivity contribution in [1.29, 1.82) is 0 Å². The zero-order chi connectivity index (χ0) is 24.4. The first-order chi connectivity index (χ1) is 16.9. The maximum Gasteiger partial charge on any atom is 0.270 e. The number of thiophene rings is 1. The molecule has 0 spiro atoms. The van der Waals surface area contributed by atoms with Crippen molar-refractivity contribution in [3.8, 4) is 11.5 Å². The van der Waals surface area contributed by atoms with E-state index in [2.05, 4.69) is 5.32 Å². The third-order valence-corrected chi connectivity index (χ3v) is 8.23. The third kappa shape index (κ3) is 4.71. The summed E-state index contributed by atoms with van der Waals surface area (Å²) in [6, 6.07) is 25.8. The molecule has 1 aliphatic heterocycles. The van der Waals surface area contributed by atoms with Crippen LogP contribution in [0, 0.1) is 6.92 Å². The molecule has 0 atom stereocenters. The largest absolute Gasteiger partial charge is 0.457 e. The zero-order valence-corrected chi connectivity index (χ0v) is 20.5. The van der Waals surface area contributed by atoms with Gasteiger partial charge in [0.15, 0.2) is 4.91 Å². The van der Waals surface area contributed by atoms with Gasteiger partial charge in [-0.15, -0.1) is 11.3 Å². The Bertz CT molecular complexity index is 1490. The lowest BCUT2D eigenvalue weighted by molar-refractivity contribution is 0.104. The van der Waals surface area contributed by atoms with Crippen LogP contribution in [0.1, 0.15) is 20.8 Å². The molecule has 0 bridgehead atoms. The molecule has 35 heavy (non-hydrogen) atoms. The Labute approximate surface area is 208 Å². The van der Waals surface area contributed by atoms with Gasteiger partial charge in [0.25, 0.3) is 10.0 Å². The second-order valence-corrected chi connectivity index (χ2v) is 10.8. The van der Waals surface area contributed by atoms with Gasteiger partial charge in [-0.2, -0.15) is 0 Å². The van der Waals surface area contributed by atoms with Crippen LogP contribution in [0.4, 0.5) is 11.4 Å². The van der Waals surface area contributed by atoms with Gasteiger partial charge in [-0.25, -0.2) is 8.42 Å². The van der Waals surface area contributed by atoms with Crippen LogP contribution in [0.3, 0.4) is 0 Å². The van der Waals surface area contributed by atoms with Gasteiger partial charge in [-0.05, 0) is 60.3 Å². The molecular weight excluding hydrogens is 480 g/mol. The van der Waals surface area contributed by atoms with Gasteiger partial charge >= 0.3 is 0 Å². The van der Waals surface area contributed by atoms with Crippen LogP contribution in [0.25, 0.3) is 0 Å². The van der Waals surface area contributed by atoms with Crippen molar-refractivity contribution in [2.45, 2.75) is 13.5 Å². The summed E-state index contributed by atoms with van der Waals surface area (Å²) in [5, 5.41) is 4.70. The molecule has 0 saturated heterocycles. The molecule has 1 aromatic heterocycles. The van der Waals surface area contributed by atoms with Crippen LogP contribution >= 0.6 is 11.3 Å². The number of aryl methyl sites for hydroxylation is 1. The van der Waals surface area contributed by atoms with Gasteiger partial charge in [0.1, 0.15) is 16.4 Å². The lowest BCUT2D eigenvalue weighted by Gasteiger charge is -2.29. The van der Waals surface area contributed by atoms with Crippen LogP contribution in [-0.4, -0.2) is 14.2 Å². The summed E-state index contributed by atoms with van der Waals surface area (Å²) in [6.07, 6.45) is 1.27. The number of ketones is 1. The summed E-state index contributed by atoms with van der Waals surface area (Å²) in [5.41, 5.74) is 2.97. The normalized spacial score (nSPS) is 15.6. The van der Waals surface area contributed by atoms with E-state index in [9.17, 15) is 13.2 Å². The van der Waals surface area contributed by atoms with Crippen LogP contribution < -0.4 is 14.4 Å². The molecule has 0 unspecified atom stereocenters. The van der Waals surface area contributed by atoms with E-state index in [0.717, 1.165) is 16.9 Å². The average molecular weight is 503 g/mol. The number of hydrogen-bond acceptors (Lipinski definition) is 6. The summed E-state index contributed by atoms with van der Waals surface area (Å²) in [7, 11) is -4.06. The Kier molecular flexibility index (Phi) is 6.15. The molecule has 0 radical (unpaired) electrons. The monoisotopic (exact) mass is 502 g/mol. The number of nitrogens with zero attached hydrogens (tertiary/aromatic N) is 1. The quantitative estimate of drug-likeness (QED) is 0.312. The minimum Gasteiger partial charge on any atom is -0.457 e. The molecule has 3 aromatic carbocycles. The number of carbonyl (C=O) groups is 1. The molecule has 6 nitrogen and oxygen atoms in total. The van der Waals surface area contributed by atoms with Crippen molar-refractivity contribution in [2.75, 3.05) is 9.62 Å². The summed E-state index contributed by atoms with van der Waals surface area (Å²) < 4.78 is 34.1. The van der Waals surface area contributed by atoms with Crippen molar-refractivity contribution in [3.05, 3.63) is 117 Å². The number of Topliss-reactive ketones (excluding diaryl/α,β-unsaturated/α-hetero) is 1. The smallest absolute Gasteiger partial charge is 0.270 e. The fourth-order valence-electron chi connectivity index (χ4n) is 3.71. The van der Waals surface area contributed by atoms with E-state index < -0.39 is 15.8 Å². The Morgan fingerprint density at radius 3 is 2.31 bits per heavy atom. The van der Waals surface area contributed by atoms with Crippen LogP contribution in [0.15, 0.2) is 101 Å². The molecule has 1 N–H and O–H groups in total. The number of rotatable bonds is 6. The topological polar surface area (TPSA) is 75.7 Å². The number of para-hydroxylation sites is 1. The van der Waals surface area contributed by atoms with Gasteiger partial charge in [-0.3, -0.25) is 9.10 Å². The molecule has 0 aliphatic carbocycles. The second-order valence-electron chi connectivity index (χ2n) is 8.05. The predicted molar refractivity (Wildman–Crippen MR) is 140 cm³/mol. The maximum atomic E-state index is 13.5. The SMILES string of the molecule is Cc1ccc(CN2c3ccsc3C(=O)/C(=C/Nc3ccc(Oc4ccccc4)cc3)S2(=O)=O)cc1. The van der Waals surface area contributed by atoms with Gasteiger partial charge in [0, 0.05) is 11.9 Å². The molecule has 1 aliphatic rings. The first-order valence-electron chi connectivity index (χ1n) is 10.9. The molecule has 5 rings (SSSR count). The number of allylic oxidation sites excluding steroid dienone is 1. The second kappa shape index (κ2) is 9.40. The Morgan fingerprint density at radius 1 is 0.914 bits per heavy atom. The molecular formula is C27H22N2O4S2. The van der Waals surface area contributed by atoms with Crippen molar-refractivity contribution in [2.24, 2.45) is 0 Å². The highest BCUT2D eigenvalue weighted by Crippen LogP contribution is 2.39. The van der Waals surface area contributed by atoms with E-state index in [-0.39, 0.29) is 11.4 Å². The fraction of sp³-hybridized carbons (Fsp3) is 0.0741. The maximum absolute atomic E-state index is 13.5. The highest BCUT2D eigenvalue weighted by atomic mass is 32.2. The molecule has 0 amide bonds. The van der Waals surface area contributed by atoms with Crippen LogP contribution in [-0.2, 0) is 16.6 Å². The van der Waals surface area contributed by atoms with Crippen molar-refractivity contribution in [3.63, 3.8) is 0 Å². The van der Waals surface area contributed by atoms with E-state index in [1.54, 1.807) is 35.7 Å². The molecule has 8 heteroatoms. The molecule has 176 valence electrons. The minimum absolute atomic E-state index is 0.141. The number of benzene rings is 3. The summed E-state index contributed by atoms with van der Waals surface area (Å²) in [4.78, 5) is 13.2. The highest BCUT2D eigenvalue weighted by Gasteiger charge is 2.41. The number of nitrogens with one attached hydrogen (secondary N) is 1. The van der Waals surface area contributed by atoms with Gasteiger partial charge < -0.3 is 10.1 Å². The van der Waals surface area contributed by atoms with Gasteiger partial charge in [-0.1, -0.05) is 48.0 Å². The Morgan fingerprint density at radius 2 is 1.60 bits per heavy atom. The molecule has 4 aromatic rings. The van der Waals surface area contributed by atoms with E-state index in [1.807, 2.05) is 61.5 Å². The Hall–Kier alpha value is -3.88. The summed E-state index contributed by atoms with van der Waals surface area (Å²) >= 11 is 1.24. The zero-order valence-electron chi connectivity index (χ0n) is 18.8. The van der Waals surface area contributed by atoms with Crippen LogP contribution in [0.5, 0.6) is 11.5 Å². The highest BCUT2D eigenvalue weighted by molar-refractivity contribution is 7.97. The first-order valence-corrected chi connectivity index (χ1v) is 13.2. The van der Waals surface area contributed by atoms with E-state index in [0.29, 0.717) is 22.0 Å². The van der Waals surface area contributed by atoms with Crippen molar-refractivity contribution in [1.82, 2.24) is 0 Å². The number of fused-ring (bicyclic) bond motifs is 1. The first kappa shape index (κ1) is 22.9. The molecule has 0 fully saturated rings. The van der Waals surface area contributed by atoms with Crippen molar-refractivity contribution < 1.29 is 17.9 Å². The van der Waals surface area contributed by atoms with Gasteiger partial charge in [0.05, 0.1) is 12.2 Å². The van der Waals surface area contributed by atoms with Gasteiger partial charge in [0.2, 0.25) is 5.78 Å². The lowest BCUT2D eigenvalue weighted by atomic mass is 10.1. The number of anilines is 2. The number of carbonyl (C=O) groups excluding carboxylic acids is 1. The van der Waals surface area contributed by atoms with E-state index >= 15 is 0 Å². The number of sulfonamides is 1. The number of ether oxygens (including phenoxy) is 1.